The largest absolute Gasteiger partial charge is 0.381 e. The van der Waals surface area contributed by atoms with Gasteiger partial charge in [0.1, 0.15) is 0 Å². The summed E-state index contributed by atoms with van der Waals surface area (Å²) in [6, 6.07) is 0. The Hall–Kier alpha value is -0.120. The number of unbranched alkanes of at least 4 members (excludes halogenated alkanes) is 2. The molecule has 0 unspecified atom stereocenters. The summed E-state index contributed by atoms with van der Waals surface area (Å²) < 4.78 is 5.51. The fourth-order valence-electron chi connectivity index (χ4n) is 1.35. The van der Waals surface area contributed by atoms with E-state index < -0.39 is 0 Å². The number of nitrogens with one attached hydrogen (secondary N) is 1. The molecule has 0 atom stereocenters. The van der Waals surface area contributed by atoms with Crippen LogP contribution in [0.25, 0.3) is 0 Å². The molecule has 15 heavy (non-hydrogen) atoms. The van der Waals surface area contributed by atoms with E-state index in [0.717, 1.165) is 39.0 Å². The molecule has 0 fully saturated rings. The van der Waals surface area contributed by atoms with Gasteiger partial charge in [-0.05, 0) is 59.5 Å². The monoisotopic (exact) mass is 216 g/mol. The fourth-order valence-corrected chi connectivity index (χ4v) is 1.35. The molecule has 0 saturated carbocycles. The molecule has 0 aliphatic carbocycles. The molecule has 0 rings (SSSR count). The molecule has 0 aliphatic heterocycles. The highest BCUT2D eigenvalue weighted by Gasteiger charge is 2.12. The van der Waals surface area contributed by atoms with Crippen molar-refractivity contribution in [3.8, 4) is 0 Å². The molecule has 0 aromatic heterocycles. The summed E-state index contributed by atoms with van der Waals surface area (Å²) in [5.74, 6) is 0. The van der Waals surface area contributed by atoms with Gasteiger partial charge in [-0.3, -0.25) is 0 Å². The normalized spacial score (nSPS) is 12.0. The minimum absolute atomic E-state index is 0.263. The molecule has 3 N–H and O–H groups in total. The third kappa shape index (κ3) is 10.2. The summed E-state index contributed by atoms with van der Waals surface area (Å²) in [6.45, 7) is 7.00. The molecule has 3 heteroatoms. The van der Waals surface area contributed by atoms with E-state index in [2.05, 4.69) is 19.2 Å². The van der Waals surface area contributed by atoms with Crippen LogP contribution in [0.1, 0.15) is 46.0 Å². The zero-order valence-corrected chi connectivity index (χ0v) is 10.6. The van der Waals surface area contributed by atoms with Crippen LogP contribution in [0.5, 0.6) is 0 Å². The second-order valence-corrected chi connectivity index (χ2v) is 4.70. The van der Waals surface area contributed by atoms with E-state index >= 15 is 0 Å². The van der Waals surface area contributed by atoms with Crippen molar-refractivity contribution in [3.63, 3.8) is 0 Å². The van der Waals surface area contributed by atoms with E-state index in [4.69, 9.17) is 10.5 Å². The van der Waals surface area contributed by atoms with Gasteiger partial charge in [0.15, 0.2) is 0 Å². The summed E-state index contributed by atoms with van der Waals surface area (Å²) in [5.41, 5.74) is 5.66. The van der Waals surface area contributed by atoms with Gasteiger partial charge in [-0.1, -0.05) is 0 Å². The van der Waals surface area contributed by atoms with Crippen molar-refractivity contribution in [1.29, 1.82) is 0 Å². The molecule has 3 nitrogen and oxygen atoms in total. The lowest BCUT2D eigenvalue weighted by Crippen LogP contribution is -2.35. The number of nitrogens with two attached hydrogens (primary N) is 1. The Bertz CT molecular complexity index is 138. The average molecular weight is 216 g/mol. The highest BCUT2D eigenvalue weighted by Crippen LogP contribution is 2.11. The Morgan fingerprint density at radius 3 is 2.20 bits per heavy atom. The van der Waals surface area contributed by atoms with Crippen molar-refractivity contribution in [2.45, 2.75) is 51.5 Å². The standard InChI is InChI=1S/C12H28N2O/c1-12(2,14-3)8-4-6-10-15-11-7-5-9-13/h14H,4-11,13H2,1-3H3. The molecule has 0 heterocycles. The zero-order chi connectivity index (χ0) is 11.6. The van der Waals surface area contributed by atoms with Crippen LogP contribution in [0.4, 0.5) is 0 Å². The molecule has 0 spiro atoms. The molecule has 0 radical (unpaired) electrons. The molecule has 0 bridgehead atoms. The maximum Gasteiger partial charge on any atom is 0.0466 e. The predicted octanol–water partition coefficient (Wildman–Crippen LogP) is 1.91. The van der Waals surface area contributed by atoms with Gasteiger partial charge >= 0.3 is 0 Å². The maximum absolute atomic E-state index is 5.51. The van der Waals surface area contributed by atoms with Gasteiger partial charge in [0.25, 0.3) is 0 Å². The van der Waals surface area contributed by atoms with Gasteiger partial charge in [-0.25, -0.2) is 0 Å². The molecule has 0 saturated heterocycles. The lowest BCUT2D eigenvalue weighted by molar-refractivity contribution is 0.125. The summed E-state index contributed by atoms with van der Waals surface area (Å²) in [6.07, 6.45) is 5.76. The lowest BCUT2D eigenvalue weighted by Gasteiger charge is -2.23. The van der Waals surface area contributed by atoms with Crippen molar-refractivity contribution >= 4 is 0 Å². The summed E-state index contributed by atoms with van der Waals surface area (Å²) >= 11 is 0. The van der Waals surface area contributed by atoms with E-state index in [-0.39, 0.29) is 5.54 Å². The van der Waals surface area contributed by atoms with Crippen molar-refractivity contribution < 1.29 is 4.74 Å². The quantitative estimate of drug-likeness (QED) is 0.548. The molecule has 0 aromatic carbocycles. The first-order chi connectivity index (χ1) is 7.12. The second-order valence-electron chi connectivity index (χ2n) is 4.70. The van der Waals surface area contributed by atoms with Gasteiger partial charge in [-0.2, -0.15) is 0 Å². The van der Waals surface area contributed by atoms with Gasteiger partial charge in [0.2, 0.25) is 0 Å². The van der Waals surface area contributed by atoms with Crippen LogP contribution in [0.15, 0.2) is 0 Å². The van der Waals surface area contributed by atoms with E-state index in [1.165, 1.54) is 12.8 Å². The average Bonchev–Trinajstić information content (AvgIpc) is 2.22. The maximum atomic E-state index is 5.51. The highest BCUT2D eigenvalue weighted by molar-refractivity contribution is 4.74. The number of hydrogen-bond acceptors (Lipinski definition) is 3. The minimum atomic E-state index is 0.263. The third-order valence-corrected chi connectivity index (χ3v) is 2.76. The second kappa shape index (κ2) is 9.13. The first-order valence-electron chi connectivity index (χ1n) is 6.09. The summed E-state index contributed by atoms with van der Waals surface area (Å²) in [7, 11) is 2.02. The van der Waals surface area contributed by atoms with Gasteiger partial charge in [0.05, 0.1) is 0 Å². The van der Waals surface area contributed by atoms with Crippen LogP contribution in [0.3, 0.4) is 0 Å². The lowest BCUT2D eigenvalue weighted by atomic mass is 9.98. The first kappa shape index (κ1) is 14.9. The van der Waals surface area contributed by atoms with Crippen molar-refractivity contribution in [2.75, 3.05) is 26.8 Å². The van der Waals surface area contributed by atoms with E-state index in [0.29, 0.717) is 0 Å². The molecule has 92 valence electrons. The number of ether oxygens (including phenoxy) is 1. The Kier molecular flexibility index (Phi) is 9.06. The van der Waals surface area contributed by atoms with E-state index in [1.54, 1.807) is 0 Å². The Labute approximate surface area is 94.8 Å². The highest BCUT2D eigenvalue weighted by atomic mass is 16.5. The summed E-state index contributed by atoms with van der Waals surface area (Å²) in [4.78, 5) is 0. The van der Waals surface area contributed by atoms with Crippen LogP contribution >= 0.6 is 0 Å². The zero-order valence-electron chi connectivity index (χ0n) is 10.6. The molecular formula is C12H28N2O. The summed E-state index contributed by atoms with van der Waals surface area (Å²) in [5, 5.41) is 3.31. The topological polar surface area (TPSA) is 47.3 Å². The molecule has 0 amide bonds. The van der Waals surface area contributed by atoms with Crippen LogP contribution in [0, 0.1) is 0 Å². The van der Waals surface area contributed by atoms with Crippen molar-refractivity contribution in [2.24, 2.45) is 5.73 Å². The van der Waals surface area contributed by atoms with E-state index in [1.807, 2.05) is 7.05 Å². The Morgan fingerprint density at radius 2 is 1.67 bits per heavy atom. The number of rotatable bonds is 10. The van der Waals surface area contributed by atoms with Crippen LogP contribution in [0.2, 0.25) is 0 Å². The molecule has 0 aliphatic rings. The van der Waals surface area contributed by atoms with Crippen LogP contribution in [-0.2, 0) is 4.74 Å². The number of hydrogen-bond donors (Lipinski definition) is 2. The Morgan fingerprint density at radius 1 is 1.07 bits per heavy atom. The molecular weight excluding hydrogens is 188 g/mol. The van der Waals surface area contributed by atoms with Crippen molar-refractivity contribution in [3.05, 3.63) is 0 Å². The third-order valence-electron chi connectivity index (χ3n) is 2.76. The SMILES string of the molecule is CNC(C)(C)CCCCOCCCCN. The van der Waals surface area contributed by atoms with Crippen molar-refractivity contribution in [1.82, 2.24) is 5.32 Å². The Balaban J connectivity index is 3.11. The van der Waals surface area contributed by atoms with E-state index in [9.17, 15) is 0 Å². The van der Waals surface area contributed by atoms with Gasteiger partial charge < -0.3 is 15.8 Å². The van der Waals surface area contributed by atoms with Gasteiger partial charge in [-0.15, -0.1) is 0 Å². The smallest absolute Gasteiger partial charge is 0.0466 e. The fraction of sp³-hybridized carbons (Fsp3) is 1.00. The molecule has 0 aromatic rings. The minimum Gasteiger partial charge on any atom is -0.381 e. The van der Waals surface area contributed by atoms with Gasteiger partial charge in [0, 0.05) is 18.8 Å². The first-order valence-corrected chi connectivity index (χ1v) is 6.09. The van der Waals surface area contributed by atoms with Crippen LogP contribution in [-0.4, -0.2) is 32.3 Å². The predicted molar refractivity (Wildman–Crippen MR) is 66.1 cm³/mol. The van der Waals surface area contributed by atoms with Crippen LogP contribution < -0.4 is 11.1 Å².